The predicted molar refractivity (Wildman–Crippen MR) is 77.5 cm³/mol. The lowest BCUT2D eigenvalue weighted by atomic mass is 10.1. The molecule has 1 amide bonds. The maximum Gasteiger partial charge on any atom is 0.224 e. The summed E-state index contributed by atoms with van der Waals surface area (Å²) in [7, 11) is 1.60. The molecule has 0 aliphatic heterocycles. The Morgan fingerprint density at radius 2 is 2.00 bits per heavy atom. The quantitative estimate of drug-likeness (QED) is 0.906. The van der Waals surface area contributed by atoms with Gasteiger partial charge in [-0.2, -0.15) is 0 Å². The Morgan fingerprint density at radius 1 is 1.20 bits per heavy atom. The first-order valence-corrected chi connectivity index (χ1v) is 6.50. The molecule has 1 N–H and O–H groups in total. The van der Waals surface area contributed by atoms with Crippen LogP contribution in [0.25, 0.3) is 0 Å². The third-order valence-corrected chi connectivity index (χ3v) is 2.96. The number of carbonyl (C=O) groups excluding carboxylic acids is 1. The number of aryl methyl sites for hydroxylation is 1. The number of aromatic nitrogens is 1. The van der Waals surface area contributed by atoms with Gasteiger partial charge in [-0.3, -0.25) is 9.78 Å². The molecule has 104 valence electrons. The van der Waals surface area contributed by atoms with Crippen molar-refractivity contribution in [1.29, 1.82) is 0 Å². The van der Waals surface area contributed by atoms with E-state index in [1.807, 2.05) is 49.4 Å². The van der Waals surface area contributed by atoms with Crippen molar-refractivity contribution in [1.82, 2.24) is 10.3 Å². The van der Waals surface area contributed by atoms with E-state index in [2.05, 4.69) is 10.3 Å². The maximum absolute atomic E-state index is 11.9. The van der Waals surface area contributed by atoms with Crippen LogP contribution < -0.4 is 10.1 Å². The van der Waals surface area contributed by atoms with Gasteiger partial charge in [-0.1, -0.05) is 24.3 Å². The van der Waals surface area contributed by atoms with Gasteiger partial charge in [0, 0.05) is 11.3 Å². The molecular formula is C16H18N2O2. The van der Waals surface area contributed by atoms with Crippen LogP contribution in [0.15, 0.2) is 42.5 Å². The maximum atomic E-state index is 11.9. The lowest BCUT2D eigenvalue weighted by Crippen LogP contribution is -2.25. The molecule has 0 spiro atoms. The first kappa shape index (κ1) is 14.1. The number of rotatable bonds is 5. The van der Waals surface area contributed by atoms with E-state index in [0.29, 0.717) is 13.0 Å². The normalized spacial score (nSPS) is 10.1. The van der Waals surface area contributed by atoms with Crippen molar-refractivity contribution in [2.24, 2.45) is 0 Å². The molecule has 0 fully saturated rings. The van der Waals surface area contributed by atoms with Crippen LogP contribution in [0, 0.1) is 6.92 Å². The number of nitrogens with one attached hydrogen (secondary N) is 1. The van der Waals surface area contributed by atoms with Crippen LogP contribution in [0.2, 0.25) is 0 Å². The number of hydrogen-bond donors (Lipinski definition) is 1. The second-order valence-electron chi connectivity index (χ2n) is 4.54. The number of amides is 1. The van der Waals surface area contributed by atoms with Crippen LogP contribution >= 0.6 is 0 Å². The first-order valence-electron chi connectivity index (χ1n) is 6.50. The molecule has 1 heterocycles. The van der Waals surface area contributed by atoms with Crippen molar-refractivity contribution in [2.45, 2.75) is 19.9 Å². The minimum atomic E-state index is -0.0437. The van der Waals surface area contributed by atoms with Crippen molar-refractivity contribution >= 4 is 5.91 Å². The highest BCUT2D eigenvalue weighted by Crippen LogP contribution is 2.17. The minimum absolute atomic E-state index is 0.0437. The zero-order chi connectivity index (χ0) is 14.4. The van der Waals surface area contributed by atoms with Gasteiger partial charge in [0.05, 0.1) is 25.8 Å². The number of para-hydroxylation sites is 1. The fourth-order valence-electron chi connectivity index (χ4n) is 1.97. The molecule has 2 aromatic rings. The van der Waals surface area contributed by atoms with E-state index in [-0.39, 0.29) is 5.91 Å². The highest BCUT2D eigenvalue weighted by atomic mass is 16.5. The zero-order valence-corrected chi connectivity index (χ0v) is 11.7. The molecule has 0 bridgehead atoms. The first-order chi connectivity index (χ1) is 9.69. The zero-order valence-electron chi connectivity index (χ0n) is 11.7. The molecule has 4 heteroatoms. The molecule has 0 saturated heterocycles. The molecule has 1 aromatic heterocycles. The van der Waals surface area contributed by atoms with Gasteiger partial charge in [0.15, 0.2) is 0 Å². The molecular weight excluding hydrogens is 252 g/mol. The van der Waals surface area contributed by atoms with E-state index in [9.17, 15) is 4.79 Å². The lowest BCUT2D eigenvalue weighted by Gasteiger charge is -2.09. The summed E-state index contributed by atoms with van der Waals surface area (Å²) in [6.07, 6.45) is 0.301. The molecule has 0 aliphatic rings. The number of benzene rings is 1. The smallest absolute Gasteiger partial charge is 0.224 e. The van der Waals surface area contributed by atoms with Crippen LogP contribution in [-0.4, -0.2) is 18.0 Å². The van der Waals surface area contributed by atoms with E-state index >= 15 is 0 Å². The summed E-state index contributed by atoms with van der Waals surface area (Å²) in [5.74, 6) is 0.689. The molecule has 0 unspecified atom stereocenters. The van der Waals surface area contributed by atoms with Crippen LogP contribution in [0.5, 0.6) is 5.75 Å². The Morgan fingerprint density at radius 3 is 2.75 bits per heavy atom. The number of carbonyl (C=O) groups is 1. The van der Waals surface area contributed by atoms with Crippen molar-refractivity contribution in [2.75, 3.05) is 7.11 Å². The number of methoxy groups -OCH3 is 1. The van der Waals surface area contributed by atoms with Gasteiger partial charge in [-0.05, 0) is 25.1 Å². The minimum Gasteiger partial charge on any atom is -0.496 e. The Bertz CT molecular complexity index is 597. The van der Waals surface area contributed by atoms with Gasteiger partial charge in [-0.15, -0.1) is 0 Å². The highest BCUT2D eigenvalue weighted by Gasteiger charge is 2.08. The van der Waals surface area contributed by atoms with Crippen molar-refractivity contribution in [3.05, 3.63) is 59.4 Å². The SMILES string of the molecule is COc1ccccc1CC(=O)NCc1cccc(C)n1. The molecule has 0 radical (unpaired) electrons. The molecule has 20 heavy (non-hydrogen) atoms. The van der Waals surface area contributed by atoms with E-state index in [4.69, 9.17) is 4.74 Å². The third kappa shape index (κ3) is 3.82. The summed E-state index contributed by atoms with van der Waals surface area (Å²) < 4.78 is 5.23. The van der Waals surface area contributed by atoms with Crippen LogP contribution in [0.4, 0.5) is 0 Å². The summed E-state index contributed by atoms with van der Waals surface area (Å²) in [5.41, 5.74) is 2.68. The third-order valence-electron chi connectivity index (χ3n) is 2.96. The molecule has 0 atom stereocenters. The number of pyridine rings is 1. The van der Waals surface area contributed by atoms with Gasteiger partial charge < -0.3 is 10.1 Å². The van der Waals surface area contributed by atoms with Gasteiger partial charge in [0.2, 0.25) is 5.91 Å². The van der Waals surface area contributed by atoms with Gasteiger partial charge in [0.25, 0.3) is 0 Å². The van der Waals surface area contributed by atoms with Gasteiger partial charge >= 0.3 is 0 Å². The average molecular weight is 270 g/mol. The van der Waals surface area contributed by atoms with E-state index in [1.54, 1.807) is 7.11 Å². The predicted octanol–water partition coefficient (Wildman–Crippen LogP) is 2.26. The second kappa shape index (κ2) is 6.70. The molecule has 0 aliphatic carbocycles. The summed E-state index contributed by atoms with van der Waals surface area (Å²) in [6.45, 7) is 2.37. The van der Waals surface area contributed by atoms with Gasteiger partial charge in [-0.25, -0.2) is 0 Å². The molecule has 0 saturated carbocycles. The fourth-order valence-corrected chi connectivity index (χ4v) is 1.97. The van der Waals surface area contributed by atoms with E-state index < -0.39 is 0 Å². The summed E-state index contributed by atoms with van der Waals surface area (Å²) >= 11 is 0. The Hall–Kier alpha value is -2.36. The summed E-state index contributed by atoms with van der Waals surface area (Å²) in [5, 5.41) is 2.87. The number of ether oxygens (including phenoxy) is 1. The second-order valence-corrected chi connectivity index (χ2v) is 4.54. The lowest BCUT2D eigenvalue weighted by molar-refractivity contribution is -0.120. The largest absolute Gasteiger partial charge is 0.496 e. The average Bonchev–Trinajstić information content (AvgIpc) is 2.46. The monoisotopic (exact) mass is 270 g/mol. The van der Waals surface area contributed by atoms with Crippen LogP contribution in [0.3, 0.4) is 0 Å². The highest BCUT2D eigenvalue weighted by molar-refractivity contribution is 5.79. The number of nitrogens with zero attached hydrogens (tertiary/aromatic N) is 1. The Kier molecular flexibility index (Phi) is 4.71. The van der Waals surface area contributed by atoms with Crippen molar-refractivity contribution in [3.8, 4) is 5.75 Å². The number of hydrogen-bond acceptors (Lipinski definition) is 3. The summed E-state index contributed by atoms with van der Waals surface area (Å²) in [6, 6.07) is 13.3. The molecule has 4 nitrogen and oxygen atoms in total. The standard InChI is InChI=1S/C16H18N2O2/c1-12-6-5-8-14(18-12)11-17-16(19)10-13-7-3-4-9-15(13)20-2/h3-9H,10-11H2,1-2H3,(H,17,19). The van der Waals surface area contributed by atoms with E-state index in [0.717, 1.165) is 22.7 Å². The van der Waals surface area contributed by atoms with E-state index in [1.165, 1.54) is 0 Å². The van der Waals surface area contributed by atoms with Gasteiger partial charge in [0.1, 0.15) is 5.75 Å². The van der Waals surface area contributed by atoms with Crippen LogP contribution in [-0.2, 0) is 17.8 Å². The molecule has 2 rings (SSSR count). The topological polar surface area (TPSA) is 51.2 Å². The van der Waals surface area contributed by atoms with Crippen molar-refractivity contribution < 1.29 is 9.53 Å². The molecule has 1 aromatic carbocycles. The van der Waals surface area contributed by atoms with Crippen molar-refractivity contribution in [3.63, 3.8) is 0 Å². The summed E-state index contributed by atoms with van der Waals surface area (Å²) in [4.78, 5) is 16.3. The van der Waals surface area contributed by atoms with Crippen LogP contribution in [0.1, 0.15) is 17.0 Å². The fraction of sp³-hybridized carbons (Fsp3) is 0.250. The Balaban J connectivity index is 1.93. The Labute approximate surface area is 118 Å².